The maximum absolute atomic E-state index is 15.4. The van der Waals surface area contributed by atoms with Gasteiger partial charge in [0.2, 0.25) is 11.3 Å². The second-order valence-electron chi connectivity index (χ2n) is 11.1. The Kier molecular flexibility index (Phi) is 6.89. The summed E-state index contributed by atoms with van der Waals surface area (Å²) >= 11 is 1.46. The van der Waals surface area contributed by atoms with Crippen molar-refractivity contribution in [1.82, 2.24) is 9.47 Å². The van der Waals surface area contributed by atoms with Crippen LogP contribution in [-0.2, 0) is 9.53 Å². The predicted molar refractivity (Wildman–Crippen MR) is 157 cm³/mol. The molecule has 1 aliphatic carbocycles. The maximum atomic E-state index is 15.4. The Morgan fingerprint density at radius 2 is 1.91 bits per heavy atom. The van der Waals surface area contributed by atoms with Crippen LogP contribution in [0.15, 0.2) is 46.2 Å². The molecule has 0 unspecified atom stereocenters. The van der Waals surface area contributed by atoms with Crippen LogP contribution < -0.4 is 25.3 Å². The molecule has 0 bridgehead atoms. The number of hydrogen-bond acceptors (Lipinski definition) is 9. The molecule has 1 atom stereocenters. The number of aromatic nitrogens is 1. The van der Waals surface area contributed by atoms with Crippen molar-refractivity contribution in [2.75, 3.05) is 60.1 Å². The summed E-state index contributed by atoms with van der Waals surface area (Å²) in [6, 6.07) is 8.48. The van der Waals surface area contributed by atoms with Gasteiger partial charge in [0.05, 0.1) is 40.8 Å². The van der Waals surface area contributed by atoms with Crippen molar-refractivity contribution in [3.05, 3.63) is 52.6 Å². The average molecular weight is 610 g/mol. The Hall–Kier alpha value is -4.30. The number of benzene rings is 2. The molecule has 4 heterocycles. The van der Waals surface area contributed by atoms with E-state index in [1.54, 1.807) is 17.0 Å². The normalized spacial score (nSPS) is 20.6. The molecule has 224 valence electrons. The number of ether oxygens (including phenoxy) is 2. The van der Waals surface area contributed by atoms with Crippen molar-refractivity contribution in [2.24, 2.45) is 0 Å². The van der Waals surface area contributed by atoms with Crippen molar-refractivity contribution in [3.8, 4) is 5.75 Å². The first-order chi connectivity index (χ1) is 20.7. The van der Waals surface area contributed by atoms with E-state index in [1.807, 2.05) is 21.6 Å². The minimum atomic E-state index is -1.60. The van der Waals surface area contributed by atoms with Crippen LogP contribution in [0.1, 0.15) is 18.9 Å². The second-order valence-corrected chi connectivity index (χ2v) is 12.1. The summed E-state index contributed by atoms with van der Waals surface area (Å²) in [4.78, 5) is 55.1. The molecular weight excluding hydrogens is 581 g/mol. The molecule has 7 rings (SSSR count). The van der Waals surface area contributed by atoms with Gasteiger partial charge in [-0.2, -0.15) is 0 Å². The van der Waals surface area contributed by atoms with Crippen LogP contribution in [0.4, 0.5) is 31.0 Å². The quantitative estimate of drug-likeness (QED) is 0.399. The minimum Gasteiger partial charge on any atom is -0.449 e. The maximum Gasteiger partial charge on any atom is 0.511 e. The topological polar surface area (TPSA) is 134 Å². The highest BCUT2D eigenvalue weighted by atomic mass is 32.2. The van der Waals surface area contributed by atoms with Gasteiger partial charge < -0.3 is 29.4 Å². The molecule has 2 saturated heterocycles. The Bertz CT molecular complexity index is 1720. The Balaban J connectivity index is 1.02. The molecule has 0 spiro atoms. The van der Waals surface area contributed by atoms with Gasteiger partial charge in [-0.3, -0.25) is 19.4 Å². The van der Waals surface area contributed by atoms with Gasteiger partial charge in [0.15, 0.2) is 5.75 Å². The molecule has 43 heavy (non-hydrogen) atoms. The van der Waals surface area contributed by atoms with Crippen molar-refractivity contribution in [2.45, 2.75) is 29.9 Å². The van der Waals surface area contributed by atoms with E-state index in [0.29, 0.717) is 67.6 Å². The fraction of sp³-hybridized carbons (Fsp3) is 0.379. The van der Waals surface area contributed by atoms with Crippen molar-refractivity contribution in [1.29, 1.82) is 0 Å². The SMILES string of the molecule is O=C1CSc2ccc(N3C[C@@H](CN4CCN(c5cc6c(cc5F)c(=O)c(OC(=O)O)cn6C5CC5)CC4)OC3=O)cc2N1. The van der Waals surface area contributed by atoms with Crippen LogP contribution >= 0.6 is 11.8 Å². The highest BCUT2D eigenvalue weighted by Gasteiger charge is 2.35. The number of cyclic esters (lactones) is 1. The van der Waals surface area contributed by atoms with Crippen molar-refractivity contribution < 1.29 is 33.4 Å². The lowest BCUT2D eigenvalue weighted by Crippen LogP contribution is -2.49. The van der Waals surface area contributed by atoms with E-state index >= 15 is 4.39 Å². The molecule has 2 amide bonds. The molecule has 1 aromatic heterocycles. The zero-order chi connectivity index (χ0) is 29.8. The standard InChI is InChI=1S/C29H28FN5O7S/c30-20-10-19-22(34(16-1-2-16)14-24(27(19)37)42-29(39)40)11-23(20)33-7-5-32(6-8-33)12-18-13-35(28(38)41-18)17-3-4-25-21(9-17)31-26(36)15-43-25/h3-4,9-11,14,16,18H,1-2,5-8,12-13,15H2,(H,31,36)(H,39,40)/t18-/m1/s1. The first-order valence-electron chi connectivity index (χ1n) is 14.0. The summed E-state index contributed by atoms with van der Waals surface area (Å²) < 4.78 is 27.5. The molecule has 3 fully saturated rings. The summed E-state index contributed by atoms with van der Waals surface area (Å²) in [5.41, 5.74) is 1.61. The third kappa shape index (κ3) is 5.36. The Labute approximate surface area is 248 Å². The van der Waals surface area contributed by atoms with Gasteiger partial charge in [0.1, 0.15) is 11.9 Å². The number of carbonyl (C=O) groups excluding carboxylic acids is 2. The molecule has 2 N–H and O–H groups in total. The van der Waals surface area contributed by atoms with Crippen LogP contribution in [0.3, 0.4) is 0 Å². The molecule has 14 heteroatoms. The zero-order valence-electron chi connectivity index (χ0n) is 23.0. The summed E-state index contributed by atoms with van der Waals surface area (Å²) in [6.45, 7) is 3.21. The molecule has 0 radical (unpaired) electrons. The lowest BCUT2D eigenvalue weighted by Gasteiger charge is -2.37. The predicted octanol–water partition coefficient (Wildman–Crippen LogP) is 3.72. The van der Waals surface area contributed by atoms with Crippen LogP contribution in [-0.4, -0.2) is 83.9 Å². The number of pyridine rings is 1. The molecule has 4 aliphatic rings. The number of halogens is 1. The van der Waals surface area contributed by atoms with Gasteiger partial charge in [0, 0.05) is 49.3 Å². The Morgan fingerprint density at radius 1 is 1.12 bits per heavy atom. The van der Waals surface area contributed by atoms with E-state index in [4.69, 9.17) is 9.84 Å². The number of piperazine rings is 1. The van der Waals surface area contributed by atoms with Gasteiger partial charge in [-0.15, -0.1) is 11.8 Å². The molecular formula is C29H28FN5O7S. The third-order valence-electron chi connectivity index (χ3n) is 8.16. The monoisotopic (exact) mass is 609 g/mol. The van der Waals surface area contributed by atoms with E-state index in [1.165, 1.54) is 24.0 Å². The molecule has 2 aromatic carbocycles. The van der Waals surface area contributed by atoms with Gasteiger partial charge in [-0.25, -0.2) is 14.0 Å². The third-order valence-corrected chi connectivity index (χ3v) is 9.24. The lowest BCUT2D eigenvalue weighted by molar-refractivity contribution is -0.113. The highest BCUT2D eigenvalue weighted by molar-refractivity contribution is 8.00. The number of nitrogens with zero attached hydrogens (tertiary/aromatic N) is 4. The zero-order valence-corrected chi connectivity index (χ0v) is 23.8. The number of rotatable bonds is 6. The van der Waals surface area contributed by atoms with Crippen molar-refractivity contribution >= 4 is 57.9 Å². The van der Waals surface area contributed by atoms with Crippen LogP contribution in [0.25, 0.3) is 10.9 Å². The van der Waals surface area contributed by atoms with Crippen LogP contribution in [0, 0.1) is 5.82 Å². The van der Waals surface area contributed by atoms with Crippen molar-refractivity contribution in [3.63, 3.8) is 0 Å². The lowest BCUT2D eigenvalue weighted by atomic mass is 10.1. The number of carboxylic acid groups (broad SMARTS) is 1. The second kappa shape index (κ2) is 10.8. The summed E-state index contributed by atoms with van der Waals surface area (Å²) in [5.74, 6) is -0.604. The van der Waals surface area contributed by atoms with E-state index in [9.17, 15) is 19.2 Å². The van der Waals surface area contributed by atoms with Gasteiger partial charge in [0.25, 0.3) is 0 Å². The van der Waals surface area contributed by atoms with Crippen LogP contribution in [0.2, 0.25) is 0 Å². The molecule has 3 aromatic rings. The molecule has 12 nitrogen and oxygen atoms in total. The smallest absolute Gasteiger partial charge is 0.449 e. The summed E-state index contributed by atoms with van der Waals surface area (Å²) in [5, 5.41) is 11.9. The van der Waals surface area contributed by atoms with Gasteiger partial charge >= 0.3 is 12.2 Å². The summed E-state index contributed by atoms with van der Waals surface area (Å²) in [7, 11) is 0. The average Bonchev–Trinajstić information content (AvgIpc) is 3.76. The fourth-order valence-electron chi connectivity index (χ4n) is 5.92. The highest BCUT2D eigenvalue weighted by Crippen LogP contribution is 2.39. The minimum absolute atomic E-state index is 0.0732. The van der Waals surface area contributed by atoms with E-state index in [-0.39, 0.29) is 29.2 Å². The first-order valence-corrected chi connectivity index (χ1v) is 15.0. The van der Waals surface area contributed by atoms with E-state index < -0.39 is 23.5 Å². The Morgan fingerprint density at radius 3 is 2.65 bits per heavy atom. The number of carbonyl (C=O) groups is 3. The van der Waals surface area contributed by atoms with E-state index in [0.717, 1.165) is 17.7 Å². The van der Waals surface area contributed by atoms with E-state index in [2.05, 4.69) is 15.0 Å². The molecule has 1 saturated carbocycles. The van der Waals surface area contributed by atoms with Gasteiger partial charge in [-0.1, -0.05) is 0 Å². The number of nitrogens with one attached hydrogen (secondary N) is 1. The van der Waals surface area contributed by atoms with Gasteiger partial charge in [-0.05, 0) is 43.2 Å². The number of thioether (sulfide) groups is 1. The number of anilines is 3. The number of hydrogen-bond donors (Lipinski definition) is 2. The van der Waals surface area contributed by atoms with Crippen LogP contribution in [0.5, 0.6) is 5.75 Å². The number of fused-ring (bicyclic) bond motifs is 2. The summed E-state index contributed by atoms with van der Waals surface area (Å²) in [6.07, 6.45) is 0.785. The number of amides is 2. The molecule has 3 aliphatic heterocycles. The fourth-order valence-corrected chi connectivity index (χ4v) is 6.71. The largest absolute Gasteiger partial charge is 0.511 e. The first kappa shape index (κ1) is 27.5.